The third kappa shape index (κ3) is 2.04. The fourth-order valence-corrected chi connectivity index (χ4v) is 3.50. The molecule has 18 heavy (non-hydrogen) atoms. The van der Waals surface area contributed by atoms with E-state index >= 15 is 0 Å². The second-order valence-corrected chi connectivity index (χ2v) is 5.89. The van der Waals surface area contributed by atoms with Crippen LogP contribution in [0.1, 0.15) is 37.3 Å². The van der Waals surface area contributed by atoms with E-state index in [9.17, 15) is 5.26 Å². The predicted molar refractivity (Wildman–Crippen MR) is 71.6 cm³/mol. The highest BCUT2D eigenvalue weighted by Gasteiger charge is 2.35. The van der Waals surface area contributed by atoms with Crippen molar-refractivity contribution in [2.24, 2.45) is 11.8 Å². The van der Waals surface area contributed by atoms with Crippen molar-refractivity contribution in [1.29, 1.82) is 5.26 Å². The molecule has 1 aliphatic carbocycles. The van der Waals surface area contributed by atoms with E-state index in [1.807, 2.05) is 0 Å². The Morgan fingerprint density at radius 1 is 1.17 bits per heavy atom. The maximum atomic E-state index is 9.35. The average Bonchev–Trinajstić information content (AvgIpc) is 2.82. The van der Waals surface area contributed by atoms with Crippen LogP contribution < -0.4 is 0 Å². The van der Waals surface area contributed by atoms with Gasteiger partial charge in [-0.1, -0.05) is 31.2 Å². The quantitative estimate of drug-likeness (QED) is 0.753. The molecular weight excluding hydrogens is 220 g/mol. The molecule has 1 saturated carbocycles. The summed E-state index contributed by atoms with van der Waals surface area (Å²) in [5, 5.41) is 9.35. The summed E-state index contributed by atoms with van der Waals surface area (Å²) in [6, 6.07) is 11.7. The summed E-state index contributed by atoms with van der Waals surface area (Å²) in [7, 11) is 0. The molecular formula is C16H20N2. The number of benzene rings is 1. The van der Waals surface area contributed by atoms with Gasteiger partial charge in [-0.15, -0.1) is 0 Å². The first kappa shape index (κ1) is 11.7. The van der Waals surface area contributed by atoms with Gasteiger partial charge in [0, 0.05) is 19.1 Å². The van der Waals surface area contributed by atoms with Gasteiger partial charge in [0.05, 0.1) is 12.0 Å². The van der Waals surface area contributed by atoms with Crippen molar-refractivity contribution in [3.8, 4) is 6.07 Å². The van der Waals surface area contributed by atoms with E-state index in [2.05, 4.69) is 42.2 Å². The Morgan fingerprint density at radius 2 is 1.83 bits per heavy atom. The first-order valence-electron chi connectivity index (χ1n) is 6.98. The molecule has 2 aliphatic rings. The van der Waals surface area contributed by atoms with E-state index in [0.29, 0.717) is 6.04 Å². The zero-order valence-corrected chi connectivity index (χ0v) is 11.0. The molecule has 0 amide bonds. The summed E-state index contributed by atoms with van der Waals surface area (Å²) in [5.74, 6) is 0.999. The number of nitriles is 1. The van der Waals surface area contributed by atoms with E-state index in [4.69, 9.17) is 0 Å². The molecule has 0 spiro atoms. The van der Waals surface area contributed by atoms with Crippen molar-refractivity contribution >= 4 is 0 Å². The Morgan fingerprint density at radius 3 is 2.44 bits per heavy atom. The molecule has 1 aromatic carbocycles. The van der Waals surface area contributed by atoms with Gasteiger partial charge in [0.2, 0.25) is 0 Å². The van der Waals surface area contributed by atoms with E-state index in [-0.39, 0.29) is 5.92 Å². The summed E-state index contributed by atoms with van der Waals surface area (Å²) in [5.41, 5.74) is 2.90. The van der Waals surface area contributed by atoms with Gasteiger partial charge in [-0.05, 0) is 36.3 Å². The Bertz CT molecular complexity index is 449. The van der Waals surface area contributed by atoms with Crippen molar-refractivity contribution in [2.45, 2.75) is 45.3 Å². The molecule has 1 heterocycles. The third-order valence-electron chi connectivity index (χ3n) is 4.58. The largest absolute Gasteiger partial charge is 0.291 e. The summed E-state index contributed by atoms with van der Waals surface area (Å²) >= 11 is 0. The van der Waals surface area contributed by atoms with Crippen LogP contribution in [-0.4, -0.2) is 10.9 Å². The van der Waals surface area contributed by atoms with E-state index in [1.165, 1.54) is 24.0 Å². The van der Waals surface area contributed by atoms with Crippen molar-refractivity contribution in [2.75, 3.05) is 0 Å². The van der Waals surface area contributed by atoms with Crippen LogP contribution in [0.25, 0.3) is 0 Å². The van der Waals surface area contributed by atoms with Gasteiger partial charge in [-0.25, -0.2) is 0 Å². The van der Waals surface area contributed by atoms with Crippen LogP contribution >= 0.6 is 0 Å². The molecule has 1 aromatic rings. The van der Waals surface area contributed by atoms with Gasteiger partial charge in [-0.3, -0.25) is 4.90 Å². The lowest BCUT2D eigenvalue weighted by Gasteiger charge is -2.37. The predicted octanol–water partition coefficient (Wildman–Crippen LogP) is 3.33. The Hall–Kier alpha value is -1.33. The van der Waals surface area contributed by atoms with Crippen molar-refractivity contribution < 1.29 is 0 Å². The molecule has 0 saturated heterocycles. The third-order valence-corrected chi connectivity index (χ3v) is 4.58. The van der Waals surface area contributed by atoms with Crippen LogP contribution in [0.15, 0.2) is 24.3 Å². The van der Waals surface area contributed by atoms with Crippen molar-refractivity contribution in [3.05, 3.63) is 35.4 Å². The highest BCUT2D eigenvalue weighted by molar-refractivity contribution is 5.30. The van der Waals surface area contributed by atoms with Crippen LogP contribution in [0, 0.1) is 23.2 Å². The molecule has 1 aliphatic heterocycles. The smallest absolute Gasteiger partial charge is 0.0672 e. The molecule has 0 bridgehead atoms. The van der Waals surface area contributed by atoms with Gasteiger partial charge in [0.1, 0.15) is 0 Å². The standard InChI is InChI=1S/C16H20N2/c1-12-6-7-13(9-17)16(8-12)18-10-14-4-2-3-5-15(14)11-18/h2-5,12-13,16H,6-8,10-11H2,1H3. The lowest BCUT2D eigenvalue weighted by Crippen LogP contribution is -2.40. The highest BCUT2D eigenvalue weighted by Crippen LogP contribution is 2.36. The number of nitrogens with zero attached hydrogens (tertiary/aromatic N) is 2. The Kier molecular flexibility index (Phi) is 3.09. The molecule has 1 fully saturated rings. The lowest BCUT2D eigenvalue weighted by atomic mass is 9.79. The summed E-state index contributed by atoms with van der Waals surface area (Å²) in [6.45, 7) is 4.39. The molecule has 0 aromatic heterocycles. The molecule has 3 atom stereocenters. The normalized spacial score (nSPS) is 31.9. The molecule has 0 radical (unpaired) electrons. The molecule has 2 heteroatoms. The zero-order chi connectivity index (χ0) is 12.5. The maximum Gasteiger partial charge on any atom is 0.0672 e. The van der Waals surface area contributed by atoms with Gasteiger partial charge < -0.3 is 0 Å². The Labute approximate surface area is 109 Å². The minimum Gasteiger partial charge on any atom is -0.291 e. The number of hydrogen-bond donors (Lipinski definition) is 0. The average molecular weight is 240 g/mol. The van der Waals surface area contributed by atoms with E-state index in [1.54, 1.807) is 0 Å². The maximum absolute atomic E-state index is 9.35. The minimum atomic E-state index is 0.232. The van der Waals surface area contributed by atoms with Gasteiger partial charge in [0.15, 0.2) is 0 Å². The van der Waals surface area contributed by atoms with E-state index < -0.39 is 0 Å². The Balaban J connectivity index is 1.78. The van der Waals surface area contributed by atoms with Crippen LogP contribution in [0.5, 0.6) is 0 Å². The minimum absolute atomic E-state index is 0.232. The van der Waals surface area contributed by atoms with E-state index in [0.717, 1.165) is 25.4 Å². The molecule has 3 rings (SSSR count). The summed E-state index contributed by atoms with van der Waals surface area (Å²) < 4.78 is 0. The number of hydrogen-bond acceptors (Lipinski definition) is 2. The monoisotopic (exact) mass is 240 g/mol. The molecule has 2 nitrogen and oxygen atoms in total. The van der Waals surface area contributed by atoms with Crippen LogP contribution in [0.2, 0.25) is 0 Å². The SMILES string of the molecule is CC1CCC(C#N)C(N2Cc3ccccc3C2)C1. The van der Waals surface area contributed by atoms with Crippen LogP contribution in [0.4, 0.5) is 0 Å². The van der Waals surface area contributed by atoms with Crippen molar-refractivity contribution in [3.63, 3.8) is 0 Å². The van der Waals surface area contributed by atoms with Crippen LogP contribution in [-0.2, 0) is 13.1 Å². The highest BCUT2D eigenvalue weighted by atomic mass is 15.2. The first-order valence-corrected chi connectivity index (χ1v) is 6.98. The molecule has 94 valence electrons. The molecule has 0 N–H and O–H groups in total. The molecule has 3 unspecified atom stereocenters. The summed E-state index contributed by atoms with van der Waals surface area (Å²) in [4.78, 5) is 2.52. The second kappa shape index (κ2) is 4.74. The first-order chi connectivity index (χ1) is 8.78. The fourth-order valence-electron chi connectivity index (χ4n) is 3.50. The van der Waals surface area contributed by atoms with Gasteiger partial charge in [0.25, 0.3) is 0 Å². The second-order valence-electron chi connectivity index (χ2n) is 5.89. The van der Waals surface area contributed by atoms with Crippen molar-refractivity contribution in [1.82, 2.24) is 4.90 Å². The topological polar surface area (TPSA) is 27.0 Å². The van der Waals surface area contributed by atoms with Gasteiger partial charge >= 0.3 is 0 Å². The zero-order valence-electron chi connectivity index (χ0n) is 11.0. The van der Waals surface area contributed by atoms with Gasteiger partial charge in [-0.2, -0.15) is 5.26 Å². The van der Waals surface area contributed by atoms with Crippen LogP contribution in [0.3, 0.4) is 0 Å². The number of rotatable bonds is 1. The number of fused-ring (bicyclic) bond motifs is 1. The fraction of sp³-hybridized carbons (Fsp3) is 0.562. The lowest BCUT2D eigenvalue weighted by molar-refractivity contribution is 0.104. The summed E-state index contributed by atoms with van der Waals surface area (Å²) in [6.07, 6.45) is 3.48.